The minimum Gasteiger partial charge on any atom is -0.466 e. The predicted molar refractivity (Wildman–Crippen MR) is 131 cm³/mol. The number of esters is 1. The summed E-state index contributed by atoms with van der Waals surface area (Å²) in [6.45, 7) is 4.30. The Bertz CT molecular complexity index is 1160. The van der Waals surface area contributed by atoms with E-state index in [9.17, 15) is 22.8 Å². The van der Waals surface area contributed by atoms with E-state index < -0.39 is 12.1 Å². The van der Waals surface area contributed by atoms with Crippen molar-refractivity contribution in [3.63, 3.8) is 0 Å². The van der Waals surface area contributed by atoms with Gasteiger partial charge in [0.2, 0.25) is 5.82 Å². The van der Waals surface area contributed by atoms with Crippen LogP contribution in [0.4, 0.5) is 18.9 Å². The van der Waals surface area contributed by atoms with Crippen LogP contribution in [0, 0.1) is 0 Å². The Kier molecular flexibility index (Phi) is 9.64. The Balaban J connectivity index is 1.65. The minimum atomic E-state index is -4.70. The third-order valence-corrected chi connectivity index (χ3v) is 5.49. The summed E-state index contributed by atoms with van der Waals surface area (Å²) in [7, 11) is 0. The van der Waals surface area contributed by atoms with Crippen LogP contribution in [-0.4, -0.2) is 35.2 Å². The van der Waals surface area contributed by atoms with Crippen LogP contribution in [0.2, 0.25) is 0 Å². The summed E-state index contributed by atoms with van der Waals surface area (Å²) in [5.74, 6) is -2.17. The predicted octanol–water partition coefficient (Wildman–Crippen LogP) is 5.78. The number of hydrogen-bond acceptors (Lipinski definition) is 7. The highest BCUT2D eigenvalue weighted by Crippen LogP contribution is 2.30. The summed E-state index contributed by atoms with van der Waals surface area (Å²) in [5.41, 5.74) is 2.62. The van der Waals surface area contributed by atoms with E-state index in [-0.39, 0.29) is 36.7 Å². The molecule has 3 aromatic rings. The number of carbonyl (C=O) groups is 2. The van der Waals surface area contributed by atoms with E-state index in [0.717, 1.165) is 30.5 Å². The van der Waals surface area contributed by atoms with Crippen molar-refractivity contribution in [2.75, 3.05) is 18.5 Å². The first-order valence-electron chi connectivity index (χ1n) is 12.0. The first kappa shape index (κ1) is 27.7. The SMILES string of the molecule is CCCC[C@H](Nc1ccc(C(=O)NCCC(=O)OCC)cc1)c1ccc(-c2noc(C(F)(F)F)n2)cc1. The maximum absolute atomic E-state index is 12.7. The molecule has 1 aromatic heterocycles. The zero-order valence-corrected chi connectivity index (χ0v) is 20.6. The van der Waals surface area contributed by atoms with Crippen molar-refractivity contribution in [3.8, 4) is 11.4 Å². The van der Waals surface area contributed by atoms with Crippen molar-refractivity contribution in [2.24, 2.45) is 0 Å². The molecular formula is C26H29F3N4O4. The molecule has 0 spiro atoms. The lowest BCUT2D eigenvalue weighted by Crippen LogP contribution is -2.26. The lowest BCUT2D eigenvalue weighted by atomic mass is 9.99. The molecule has 0 bridgehead atoms. The standard InChI is InChI=1S/C26H29F3N4O4/c1-3-5-6-21(17-7-9-18(10-8-17)23-32-25(37-33-23)26(27,28)29)31-20-13-11-19(12-14-20)24(35)30-16-15-22(34)36-4-2/h7-14,21,31H,3-6,15-16H2,1-2H3,(H,30,35)/t21-/m0/s1. The molecule has 2 aromatic carbocycles. The number of ether oxygens (including phenoxy) is 1. The second kappa shape index (κ2) is 12.9. The summed E-state index contributed by atoms with van der Waals surface area (Å²) in [4.78, 5) is 27.1. The van der Waals surface area contributed by atoms with Crippen molar-refractivity contribution >= 4 is 17.6 Å². The van der Waals surface area contributed by atoms with Crippen molar-refractivity contribution in [2.45, 2.75) is 51.7 Å². The van der Waals surface area contributed by atoms with E-state index in [1.54, 1.807) is 43.3 Å². The molecule has 1 atom stereocenters. The number of nitrogens with zero attached hydrogens (tertiary/aromatic N) is 2. The van der Waals surface area contributed by atoms with Gasteiger partial charge in [-0.05, 0) is 43.2 Å². The first-order valence-corrected chi connectivity index (χ1v) is 12.0. The average Bonchev–Trinajstić information content (AvgIpc) is 3.38. The third-order valence-electron chi connectivity index (χ3n) is 5.49. The van der Waals surface area contributed by atoms with E-state index in [1.165, 1.54) is 0 Å². The number of rotatable bonds is 12. The van der Waals surface area contributed by atoms with Gasteiger partial charge in [-0.2, -0.15) is 18.2 Å². The molecule has 0 aliphatic carbocycles. The van der Waals surface area contributed by atoms with Gasteiger partial charge in [-0.3, -0.25) is 9.59 Å². The highest BCUT2D eigenvalue weighted by Gasteiger charge is 2.38. The number of halogens is 3. The number of carbonyl (C=O) groups excluding carboxylic acids is 2. The van der Waals surface area contributed by atoms with E-state index in [1.807, 2.05) is 12.1 Å². The Morgan fingerprint density at radius 3 is 2.35 bits per heavy atom. The van der Waals surface area contributed by atoms with Crippen LogP contribution >= 0.6 is 0 Å². The molecule has 1 heterocycles. The quantitative estimate of drug-likeness (QED) is 0.293. The van der Waals surface area contributed by atoms with Crippen LogP contribution in [0.1, 0.15) is 67.4 Å². The second-order valence-electron chi connectivity index (χ2n) is 8.27. The molecule has 11 heteroatoms. The van der Waals surface area contributed by atoms with Gasteiger partial charge < -0.3 is 19.9 Å². The fraction of sp³-hybridized carbons (Fsp3) is 0.385. The van der Waals surface area contributed by atoms with Crippen molar-refractivity contribution in [3.05, 3.63) is 65.5 Å². The summed E-state index contributed by atoms with van der Waals surface area (Å²) >= 11 is 0. The molecule has 8 nitrogen and oxygen atoms in total. The summed E-state index contributed by atoms with van der Waals surface area (Å²) in [6.07, 6.45) is -1.82. The number of nitrogens with one attached hydrogen (secondary N) is 2. The molecule has 198 valence electrons. The summed E-state index contributed by atoms with van der Waals surface area (Å²) in [6, 6.07) is 13.9. The second-order valence-corrected chi connectivity index (χ2v) is 8.27. The van der Waals surface area contributed by atoms with Gasteiger partial charge in [0, 0.05) is 23.4 Å². The van der Waals surface area contributed by atoms with Crippen LogP contribution in [0.3, 0.4) is 0 Å². The number of hydrogen-bond donors (Lipinski definition) is 2. The Hall–Kier alpha value is -3.89. The number of benzene rings is 2. The normalized spacial score (nSPS) is 12.1. The summed E-state index contributed by atoms with van der Waals surface area (Å²) in [5, 5.41) is 9.58. The minimum absolute atomic E-state index is 0.0609. The fourth-order valence-electron chi connectivity index (χ4n) is 3.58. The smallest absolute Gasteiger partial charge is 0.466 e. The lowest BCUT2D eigenvalue weighted by molar-refractivity contribution is -0.159. The fourth-order valence-corrected chi connectivity index (χ4v) is 3.58. The zero-order chi connectivity index (χ0) is 26.8. The number of amides is 1. The van der Waals surface area contributed by atoms with Crippen molar-refractivity contribution in [1.82, 2.24) is 15.5 Å². The molecular weight excluding hydrogens is 489 g/mol. The van der Waals surface area contributed by atoms with Crippen LogP contribution in [-0.2, 0) is 15.7 Å². The van der Waals surface area contributed by atoms with Gasteiger partial charge >= 0.3 is 18.0 Å². The van der Waals surface area contributed by atoms with Crippen LogP contribution < -0.4 is 10.6 Å². The van der Waals surface area contributed by atoms with Gasteiger partial charge in [0.05, 0.1) is 19.1 Å². The molecule has 0 saturated heterocycles. The zero-order valence-electron chi connectivity index (χ0n) is 20.6. The van der Waals surface area contributed by atoms with E-state index in [0.29, 0.717) is 17.7 Å². The van der Waals surface area contributed by atoms with E-state index >= 15 is 0 Å². The van der Waals surface area contributed by atoms with Crippen molar-refractivity contribution < 1.29 is 32.0 Å². The van der Waals surface area contributed by atoms with Gasteiger partial charge in [-0.1, -0.05) is 49.2 Å². The van der Waals surface area contributed by atoms with Gasteiger partial charge in [0.15, 0.2) is 0 Å². The molecule has 0 aliphatic rings. The monoisotopic (exact) mass is 518 g/mol. The molecule has 0 radical (unpaired) electrons. The highest BCUT2D eigenvalue weighted by molar-refractivity contribution is 5.94. The summed E-state index contributed by atoms with van der Waals surface area (Å²) < 4.78 is 47.4. The first-order chi connectivity index (χ1) is 17.7. The highest BCUT2D eigenvalue weighted by atomic mass is 19.4. The Labute approximate surface area is 212 Å². The van der Waals surface area contributed by atoms with Gasteiger partial charge in [-0.15, -0.1) is 0 Å². The molecule has 1 amide bonds. The van der Waals surface area contributed by atoms with Crippen LogP contribution in [0.25, 0.3) is 11.4 Å². The van der Waals surface area contributed by atoms with E-state index in [2.05, 4.69) is 32.2 Å². The molecule has 2 N–H and O–H groups in total. The number of aromatic nitrogens is 2. The topological polar surface area (TPSA) is 106 Å². The number of alkyl halides is 3. The molecule has 37 heavy (non-hydrogen) atoms. The Morgan fingerprint density at radius 1 is 1.05 bits per heavy atom. The van der Waals surface area contributed by atoms with Gasteiger partial charge in [-0.25, -0.2) is 0 Å². The van der Waals surface area contributed by atoms with Crippen molar-refractivity contribution in [1.29, 1.82) is 0 Å². The average molecular weight is 519 g/mol. The number of anilines is 1. The lowest BCUT2D eigenvalue weighted by Gasteiger charge is -2.21. The molecule has 3 rings (SSSR count). The maximum Gasteiger partial charge on any atom is 0.471 e. The molecule has 0 saturated carbocycles. The van der Waals surface area contributed by atoms with Gasteiger partial charge in [0.1, 0.15) is 0 Å². The number of unbranched alkanes of at least 4 members (excludes halogenated alkanes) is 1. The van der Waals surface area contributed by atoms with Crippen LogP contribution in [0.15, 0.2) is 53.1 Å². The maximum atomic E-state index is 12.7. The van der Waals surface area contributed by atoms with E-state index in [4.69, 9.17) is 4.74 Å². The Morgan fingerprint density at radius 2 is 1.76 bits per heavy atom. The molecule has 0 unspecified atom stereocenters. The van der Waals surface area contributed by atoms with Crippen LogP contribution in [0.5, 0.6) is 0 Å². The molecule has 0 aliphatic heterocycles. The van der Waals surface area contributed by atoms with Gasteiger partial charge in [0.25, 0.3) is 5.91 Å². The largest absolute Gasteiger partial charge is 0.471 e. The molecule has 0 fully saturated rings. The third kappa shape index (κ3) is 8.06.